The van der Waals surface area contributed by atoms with Gasteiger partial charge in [-0.1, -0.05) is 12.1 Å². The second-order valence-corrected chi connectivity index (χ2v) is 3.90. The lowest BCUT2D eigenvalue weighted by molar-refractivity contribution is -0.132. The minimum atomic E-state index is -0.0747. The number of carbonyl (C=O) groups is 1. The maximum absolute atomic E-state index is 11.7. The van der Waals surface area contributed by atoms with Crippen LogP contribution < -0.4 is 15.2 Å². The Labute approximate surface area is 107 Å². The van der Waals surface area contributed by atoms with E-state index in [2.05, 4.69) is 0 Å². The van der Waals surface area contributed by atoms with Crippen molar-refractivity contribution >= 4 is 5.91 Å². The van der Waals surface area contributed by atoms with Gasteiger partial charge >= 0.3 is 0 Å². The molecular formula is C13H20N2O3. The summed E-state index contributed by atoms with van der Waals surface area (Å²) in [7, 11) is 3.31. The predicted octanol–water partition coefficient (Wildman–Crippen LogP) is 0.881. The van der Waals surface area contributed by atoms with E-state index in [-0.39, 0.29) is 12.5 Å². The number of benzene rings is 1. The lowest BCUT2D eigenvalue weighted by Gasteiger charge is -2.17. The molecule has 0 bridgehead atoms. The van der Waals surface area contributed by atoms with Gasteiger partial charge in [0, 0.05) is 13.6 Å². The third-order valence-corrected chi connectivity index (χ3v) is 2.54. The maximum Gasteiger partial charge on any atom is 0.260 e. The predicted molar refractivity (Wildman–Crippen MR) is 69.8 cm³/mol. The molecule has 1 rings (SSSR count). The maximum atomic E-state index is 11.7. The Balaban J connectivity index is 2.46. The first-order valence-corrected chi connectivity index (χ1v) is 5.89. The summed E-state index contributed by atoms with van der Waals surface area (Å²) in [6.07, 6.45) is 0.789. The Morgan fingerprint density at radius 3 is 2.61 bits per heavy atom. The van der Waals surface area contributed by atoms with Crippen molar-refractivity contribution in [3.05, 3.63) is 24.3 Å². The molecule has 0 atom stereocenters. The van der Waals surface area contributed by atoms with Gasteiger partial charge in [-0.2, -0.15) is 0 Å². The van der Waals surface area contributed by atoms with Gasteiger partial charge in [0.2, 0.25) is 0 Å². The van der Waals surface area contributed by atoms with E-state index in [4.69, 9.17) is 15.2 Å². The first-order chi connectivity index (χ1) is 8.69. The Morgan fingerprint density at radius 2 is 2.00 bits per heavy atom. The summed E-state index contributed by atoms with van der Waals surface area (Å²) < 4.78 is 10.6. The van der Waals surface area contributed by atoms with Crippen LogP contribution in [0.5, 0.6) is 11.5 Å². The van der Waals surface area contributed by atoms with Gasteiger partial charge in [0.05, 0.1) is 7.11 Å². The highest BCUT2D eigenvalue weighted by atomic mass is 16.5. The van der Waals surface area contributed by atoms with E-state index in [1.54, 1.807) is 31.2 Å². The number of carbonyl (C=O) groups excluding carboxylic acids is 1. The number of ether oxygens (including phenoxy) is 2. The third kappa shape index (κ3) is 4.25. The van der Waals surface area contributed by atoms with Gasteiger partial charge in [0.15, 0.2) is 18.1 Å². The molecule has 0 saturated carbocycles. The van der Waals surface area contributed by atoms with Gasteiger partial charge < -0.3 is 20.1 Å². The fraction of sp³-hybridized carbons (Fsp3) is 0.462. The number of amides is 1. The smallest absolute Gasteiger partial charge is 0.260 e. The molecule has 1 aromatic carbocycles. The van der Waals surface area contributed by atoms with Gasteiger partial charge in [-0.15, -0.1) is 0 Å². The summed E-state index contributed by atoms with van der Waals surface area (Å²) in [5.41, 5.74) is 5.39. The Hall–Kier alpha value is -1.75. The molecule has 2 N–H and O–H groups in total. The van der Waals surface area contributed by atoms with Crippen LogP contribution in [0.4, 0.5) is 0 Å². The first kappa shape index (κ1) is 14.3. The van der Waals surface area contributed by atoms with Crippen molar-refractivity contribution in [1.82, 2.24) is 4.90 Å². The van der Waals surface area contributed by atoms with E-state index < -0.39 is 0 Å². The number of hydrogen-bond acceptors (Lipinski definition) is 4. The lowest BCUT2D eigenvalue weighted by atomic mass is 10.3. The molecule has 0 aliphatic heterocycles. The minimum absolute atomic E-state index is 0.00143. The highest BCUT2D eigenvalue weighted by molar-refractivity contribution is 5.77. The molecule has 0 saturated heterocycles. The van der Waals surface area contributed by atoms with Crippen molar-refractivity contribution in [3.8, 4) is 11.5 Å². The van der Waals surface area contributed by atoms with Crippen LogP contribution in [0.2, 0.25) is 0 Å². The van der Waals surface area contributed by atoms with Crippen LogP contribution in [-0.2, 0) is 4.79 Å². The third-order valence-electron chi connectivity index (χ3n) is 2.54. The van der Waals surface area contributed by atoms with Crippen LogP contribution in [-0.4, -0.2) is 44.7 Å². The fourth-order valence-electron chi connectivity index (χ4n) is 1.44. The highest BCUT2D eigenvalue weighted by Gasteiger charge is 2.10. The quantitative estimate of drug-likeness (QED) is 0.782. The summed E-state index contributed by atoms with van der Waals surface area (Å²) in [5, 5.41) is 0. The Bertz CT molecular complexity index is 382. The molecule has 0 spiro atoms. The zero-order valence-electron chi connectivity index (χ0n) is 10.9. The van der Waals surface area contributed by atoms with Gasteiger partial charge in [0.1, 0.15) is 0 Å². The zero-order valence-corrected chi connectivity index (χ0v) is 10.9. The number of para-hydroxylation sites is 2. The minimum Gasteiger partial charge on any atom is -0.493 e. The zero-order chi connectivity index (χ0) is 13.4. The van der Waals surface area contributed by atoms with Gasteiger partial charge in [-0.25, -0.2) is 0 Å². The number of methoxy groups -OCH3 is 1. The lowest BCUT2D eigenvalue weighted by Crippen LogP contribution is -2.33. The first-order valence-electron chi connectivity index (χ1n) is 5.89. The van der Waals surface area contributed by atoms with Crippen LogP contribution in [0.25, 0.3) is 0 Å². The molecule has 1 amide bonds. The average molecular weight is 252 g/mol. The molecular weight excluding hydrogens is 232 g/mol. The molecule has 0 aliphatic carbocycles. The largest absolute Gasteiger partial charge is 0.493 e. The summed E-state index contributed by atoms with van der Waals surface area (Å²) in [4.78, 5) is 13.4. The SMILES string of the molecule is COc1ccccc1OCC(=O)N(C)CCCN. The number of rotatable bonds is 7. The summed E-state index contributed by atoms with van der Waals surface area (Å²) >= 11 is 0. The van der Waals surface area contributed by atoms with Crippen molar-refractivity contribution in [2.75, 3.05) is 33.9 Å². The monoisotopic (exact) mass is 252 g/mol. The molecule has 0 unspecified atom stereocenters. The second kappa shape index (κ2) is 7.55. The van der Waals surface area contributed by atoms with E-state index >= 15 is 0 Å². The highest BCUT2D eigenvalue weighted by Crippen LogP contribution is 2.25. The van der Waals surface area contributed by atoms with Gasteiger partial charge in [-0.05, 0) is 25.1 Å². The van der Waals surface area contributed by atoms with Crippen LogP contribution in [0.15, 0.2) is 24.3 Å². The summed E-state index contributed by atoms with van der Waals surface area (Å²) in [5.74, 6) is 1.12. The molecule has 1 aromatic rings. The number of hydrogen-bond donors (Lipinski definition) is 1. The molecule has 0 aliphatic rings. The van der Waals surface area contributed by atoms with Crippen LogP contribution in [0.1, 0.15) is 6.42 Å². The van der Waals surface area contributed by atoms with Crippen LogP contribution >= 0.6 is 0 Å². The van der Waals surface area contributed by atoms with Gasteiger partial charge in [0.25, 0.3) is 5.91 Å². The van der Waals surface area contributed by atoms with E-state index in [9.17, 15) is 4.79 Å². The number of nitrogens with two attached hydrogens (primary N) is 1. The van der Waals surface area contributed by atoms with Crippen molar-refractivity contribution in [3.63, 3.8) is 0 Å². The van der Waals surface area contributed by atoms with E-state index in [0.717, 1.165) is 6.42 Å². The van der Waals surface area contributed by atoms with E-state index in [1.165, 1.54) is 0 Å². The van der Waals surface area contributed by atoms with Crippen molar-refractivity contribution in [1.29, 1.82) is 0 Å². The number of likely N-dealkylation sites (N-methyl/N-ethyl adjacent to an activating group) is 1. The average Bonchev–Trinajstić information content (AvgIpc) is 2.42. The van der Waals surface area contributed by atoms with Crippen LogP contribution in [0.3, 0.4) is 0 Å². The van der Waals surface area contributed by atoms with Crippen molar-refractivity contribution < 1.29 is 14.3 Å². The summed E-state index contributed by atoms with van der Waals surface area (Å²) in [6.45, 7) is 1.22. The topological polar surface area (TPSA) is 64.8 Å². The summed E-state index contributed by atoms with van der Waals surface area (Å²) in [6, 6.07) is 7.24. The van der Waals surface area contributed by atoms with Crippen molar-refractivity contribution in [2.24, 2.45) is 5.73 Å². The molecule has 100 valence electrons. The molecule has 18 heavy (non-hydrogen) atoms. The van der Waals surface area contributed by atoms with E-state index in [1.807, 2.05) is 12.1 Å². The second-order valence-electron chi connectivity index (χ2n) is 3.90. The molecule has 0 aromatic heterocycles. The molecule has 0 fully saturated rings. The standard InChI is InChI=1S/C13H20N2O3/c1-15(9-5-8-14)13(16)10-18-12-7-4-3-6-11(12)17-2/h3-4,6-7H,5,8-10,14H2,1-2H3. The Kier molecular flexibility index (Phi) is 6.00. The molecule has 5 nitrogen and oxygen atoms in total. The van der Waals surface area contributed by atoms with Gasteiger partial charge in [-0.3, -0.25) is 4.79 Å². The normalized spacial score (nSPS) is 9.94. The van der Waals surface area contributed by atoms with Crippen molar-refractivity contribution in [2.45, 2.75) is 6.42 Å². The molecule has 5 heteroatoms. The van der Waals surface area contributed by atoms with E-state index in [0.29, 0.717) is 24.6 Å². The number of nitrogens with zero attached hydrogens (tertiary/aromatic N) is 1. The molecule has 0 heterocycles. The molecule has 0 radical (unpaired) electrons. The van der Waals surface area contributed by atoms with Crippen LogP contribution in [0, 0.1) is 0 Å². The Morgan fingerprint density at radius 1 is 1.33 bits per heavy atom. The fourth-order valence-corrected chi connectivity index (χ4v) is 1.44.